The number of anilines is 1. The summed E-state index contributed by atoms with van der Waals surface area (Å²) in [5, 5.41) is 10.3. The van der Waals surface area contributed by atoms with Gasteiger partial charge in [0, 0.05) is 12.4 Å². The largest absolute Gasteiger partial charge is 0.382 e. The molecule has 2 rings (SSSR count). The second-order valence-electron chi connectivity index (χ2n) is 3.86. The number of rotatable bonds is 3. The van der Waals surface area contributed by atoms with Gasteiger partial charge >= 0.3 is 0 Å². The van der Waals surface area contributed by atoms with E-state index in [2.05, 4.69) is 15.2 Å². The molecular weight excluding hydrogens is 250 g/mol. The zero-order chi connectivity index (χ0) is 13.1. The van der Waals surface area contributed by atoms with Crippen molar-refractivity contribution in [2.45, 2.75) is 13.5 Å². The molecule has 94 valence electrons. The normalized spacial score (nSPS) is 10.3. The quantitative estimate of drug-likeness (QED) is 0.896. The van der Waals surface area contributed by atoms with Gasteiger partial charge in [-0.25, -0.2) is 4.98 Å². The second-order valence-corrected chi connectivity index (χ2v) is 4.92. The van der Waals surface area contributed by atoms with Crippen molar-refractivity contribution in [1.29, 1.82) is 0 Å². The highest BCUT2D eigenvalue weighted by Crippen LogP contribution is 2.11. The fourth-order valence-corrected chi connectivity index (χ4v) is 2.05. The minimum absolute atomic E-state index is 0.201. The summed E-state index contributed by atoms with van der Waals surface area (Å²) in [4.78, 5) is 17.9. The van der Waals surface area contributed by atoms with E-state index in [4.69, 9.17) is 5.73 Å². The number of aryl methyl sites for hydroxylation is 1. The zero-order valence-electron chi connectivity index (χ0n) is 10.1. The third kappa shape index (κ3) is 2.80. The van der Waals surface area contributed by atoms with E-state index in [9.17, 15) is 4.79 Å². The monoisotopic (exact) mass is 263 g/mol. The van der Waals surface area contributed by atoms with Crippen LogP contribution in [0.5, 0.6) is 0 Å². The first kappa shape index (κ1) is 12.4. The molecule has 0 unspecified atom stereocenters. The number of thiazole rings is 1. The van der Waals surface area contributed by atoms with Gasteiger partial charge in [-0.05, 0) is 19.1 Å². The molecule has 0 aliphatic heterocycles. The summed E-state index contributed by atoms with van der Waals surface area (Å²) >= 11 is 1.56. The molecule has 0 radical (unpaired) electrons. The lowest BCUT2D eigenvalue weighted by molar-refractivity contribution is 0.0776. The van der Waals surface area contributed by atoms with Gasteiger partial charge in [0.25, 0.3) is 5.91 Å². The summed E-state index contributed by atoms with van der Waals surface area (Å²) in [6.07, 6.45) is 0. The fourth-order valence-electron chi connectivity index (χ4n) is 1.45. The number of carbonyl (C=O) groups is 1. The van der Waals surface area contributed by atoms with Crippen LogP contribution in [0.4, 0.5) is 5.82 Å². The molecule has 0 saturated heterocycles. The van der Waals surface area contributed by atoms with E-state index in [-0.39, 0.29) is 11.6 Å². The number of aromatic nitrogens is 3. The van der Waals surface area contributed by atoms with Gasteiger partial charge in [0.15, 0.2) is 5.69 Å². The van der Waals surface area contributed by atoms with Crippen molar-refractivity contribution in [1.82, 2.24) is 20.1 Å². The van der Waals surface area contributed by atoms with Gasteiger partial charge in [0.1, 0.15) is 5.82 Å². The first-order valence-corrected chi connectivity index (χ1v) is 6.20. The number of amides is 1. The molecule has 0 spiro atoms. The summed E-state index contributed by atoms with van der Waals surface area (Å²) in [6.45, 7) is 2.39. The summed E-state index contributed by atoms with van der Waals surface area (Å²) in [7, 11) is 1.70. The predicted octanol–water partition coefficient (Wildman–Crippen LogP) is 1.10. The number of nitrogens with zero attached hydrogens (tertiary/aromatic N) is 4. The van der Waals surface area contributed by atoms with Gasteiger partial charge < -0.3 is 10.6 Å². The molecule has 2 heterocycles. The number of nitrogen functional groups attached to an aromatic ring is 1. The van der Waals surface area contributed by atoms with Crippen molar-refractivity contribution in [3.8, 4) is 0 Å². The first-order chi connectivity index (χ1) is 8.56. The van der Waals surface area contributed by atoms with Crippen LogP contribution < -0.4 is 5.73 Å². The van der Waals surface area contributed by atoms with Crippen LogP contribution in [-0.2, 0) is 6.54 Å². The molecule has 0 aliphatic rings. The minimum Gasteiger partial charge on any atom is -0.382 e. The molecule has 2 aromatic rings. The van der Waals surface area contributed by atoms with Gasteiger partial charge in [0.05, 0.1) is 17.2 Å². The van der Waals surface area contributed by atoms with E-state index >= 15 is 0 Å². The molecule has 0 aromatic carbocycles. The van der Waals surface area contributed by atoms with Gasteiger partial charge in [0.2, 0.25) is 0 Å². The SMILES string of the molecule is Cc1nc(CN(C)C(=O)c2ccc(N)nn2)cs1. The molecule has 1 amide bonds. The number of hydrogen-bond acceptors (Lipinski definition) is 6. The van der Waals surface area contributed by atoms with Crippen molar-refractivity contribution >= 4 is 23.1 Å². The molecule has 18 heavy (non-hydrogen) atoms. The summed E-state index contributed by atoms with van der Waals surface area (Å²) in [5.74, 6) is 0.0949. The Morgan fingerprint density at radius 3 is 2.78 bits per heavy atom. The highest BCUT2D eigenvalue weighted by Gasteiger charge is 2.14. The lowest BCUT2D eigenvalue weighted by Crippen LogP contribution is -2.27. The lowest BCUT2D eigenvalue weighted by Gasteiger charge is -2.14. The molecular formula is C11H13N5OS. The van der Waals surface area contributed by atoms with Crippen molar-refractivity contribution < 1.29 is 4.79 Å². The third-order valence-electron chi connectivity index (χ3n) is 2.32. The molecule has 0 saturated carbocycles. The van der Waals surface area contributed by atoms with E-state index in [1.165, 1.54) is 0 Å². The average molecular weight is 263 g/mol. The molecule has 0 bridgehead atoms. The Kier molecular flexibility index (Phi) is 3.52. The van der Waals surface area contributed by atoms with Crippen molar-refractivity contribution in [2.75, 3.05) is 12.8 Å². The van der Waals surface area contributed by atoms with Crippen LogP contribution >= 0.6 is 11.3 Å². The predicted molar refractivity (Wildman–Crippen MR) is 69.1 cm³/mol. The highest BCUT2D eigenvalue weighted by molar-refractivity contribution is 7.09. The standard InChI is InChI=1S/C11H13N5OS/c1-7-13-8(6-18-7)5-16(2)11(17)9-3-4-10(12)15-14-9/h3-4,6H,5H2,1-2H3,(H2,12,15). The Bertz CT molecular complexity index is 551. The fraction of sp³-hybridized carbons (Fsp3) is 0.273. The molecule has 2 N–H and O–H groups in total. The number of nitrogens with two attached hydrogens (primary N) is 1. The van der Waals surface area contributed by atoms with Crippen molar-refractivity contribution in [3.63, 3.8) is 0 Å². The van der Waals surface area contributed by atoms with Crippen LogP contribution in [0.2, 0.25) is 0 Å². The van der Waals surface area contributed by atoms with Crippen molar-refractivity contribution in [3.05, 3.63) is 33.9 Å². The smallest absolute Gasteiger partial charge is 0.274 e. The van der Waals surface area contributed by atoms with Crippen LogP contribution in [0.15, 0.2) is 17.5 Å². The Hall–Kier alpha value is -2.02. The van der Waals surface area contributed by atoms with Crippen LogP contribution in [0.1, 0.15) is 21.2 Å². The average Bonchev–Trinajstić information content (AvgIpc) is 2.75. The minimum atomic E-state index is -0.201. The van der Waals surface area contributed by atoms with Gasteiger partial charge in [-0.2, -0.15) is 0 Å². The molecule has 0 fully saturated rings. The molecule has 2 aromatic heterocycles. The lowest BCUT2D eigenvalue weighted by atomic mass is 10.3. The van der Waals surface area contributed by atoms with Crippen LogP contribution in [-0.4, -0.2) is 33.0 Å². The Morgan fingerprint density at radius 2 is 2.22 bits per heavy atom. The van der Waals surface area contributed by atoms with Gasteiger partial charge in [-0.1, -0.05) is 0 Å². The topological polar surface area (TPSA) is 85.0 Å². The van der Waals surface area contributed by atoms with Crippen LogP contribution in [0, 0.1) is 6.92 Å². The van der Waals surface area contributed by atoms with E-state index in [1.54, 1.807) is 35.4 Å². The summed E-state index contributed by atoms with van der Waals surface area (Å²) < 4.78 is 0. The Labute approximate surface area is 108 Å². The van der Waals surface area contributed by atoms with Crippen LogP contribution in [0.25, 0.3) is 0 Å². The van der Waals surface area contributed by atoms with Crippen LogP contribution in [0.3, 0.4) is 0 Å². The van der Waals surface area contributed by atoms with E-state index in [1.807, 2.05) is 12.3 Å². The number of hydrogen-bond donors (Lipinski definition) is 1. The molecule has 7 heteroatoms. The molecule has 6 nitrogen and oxygen atoms in total. The Balaban J connectivity index is 2.07. The second kappa shape index (κ2) is 5.09. The highest BCUT2D eigenvalue weighted by atomic mass is 32.1. The zero-order valence-corrected chi connectivity index (χ0v) is 10.9. The van der Waals surface area contributed by atoms with E-state index in [0.717, 1.165) is 10.7 Å². The molecule has 0 aliphatic carbocycles. The maximum Gasteiger partial charge on any atom is 0.274 e. The maximum absolute atomic E-state index is 12.0. The Morgan fingerprint density at radius 1 is 1.44 bits per heavy atom. The number of carbonyl (C=O) groups excluding carboxylic acids is 1. The van der Waals surface area contributed by atoms with E-state index in [0.29, 0.717) is 12.4 Å². The molecule has 0 atom stereocenters. The first-order valence-electron chi connectivity index (χ1n) is 5.32. The van der Waals surface area contributed by atoms with Gasteiger partial charge in [-0.3, -0.25) is 4.79 Å². The van der Waals surface area contributed by atoms with E-state index < -0.39 is 0 Å². The van der Waals surface area contributed by atoms with Gasteiger partial charge in [-0.15, -0.1) is 21.5 Å². The summed E-state index contributed by atoms with van der Waals surface area (Å²) in [6, 6.07) is 3.12. The third-order valence-corrected chi connectivity index (χ3v) is 3.14. The van der Waals surface area contributed by atoms with Crippen molar-refractivity contribution in [2.24, 2.45) is 0 Å². The summed E-state index contributed by atoms with van der Waals surface area (Å²) in [5.41, 5.74) is 6.57. The maximum atomic E-state index is 12.0.